The molecule has 1 aromatic carbocycles. The molecule has 2 N–H and O–H groups in total. The summed E-state index contributed by atoms with van der Waals surface area (Å²) in [7, 11) is 0. The van der Waals surface area contributed by atoms with Crippen LogP contribution >= 0.6 is 0 Å². The highest BCUT2D eigenvalue weighted by Crippen LogP contribution is 2.09. The standard InChI is InChI=1S/C16H15N5O2/c1-11-2-4-12(5-3-11)8-21-9-13(7-19-21)14(22)6-15(23)16-17-10-18-20-16/h2-7,9-10,23H,8H2,1H3,(H,17,18,20). The fourth-order valence-corrected chi connectivity index (χ4v) is 2.06. The van der Waals surface area contributed by atoms with Crippen LogP contribution in [0, 0.1) is 6.92 Å². The second kappa shape index (κ2) is 6.27. The number of benzene rings is 1. The van der Waals surface area contributed by atoms with Gasteiger partial charge < -0.3 is 5.11 Å². The Kier molecular flexibility index (Phi) is 4.01. The predicted molar refractivity (Wildman–Crippen MR) is 83.8 cm³/mol. The first-order valence-electron chi connectivity index (χ1n) is 7.01. The van der Waals surface area contributed by atoms with E-state index in [2.05, 4.69) is 20.3 Å². The van der Waals surface area contributed by atoms with Gasteiger partial charge >= 0.3 is 0 Å². The van der Waals surface area contributed by atoms with E-state index in [1.807, 2.05) is 31.2 Å². The third-order valence-electron chi connectivity index (χ3n) is 3.29. The van der Waals surface area contributed by atoms with Crippen molar-refractivity contribution in [1.82, 2.24) is 25.0 Å². The first kappa shape index (κ1) is 14.7. The Labute approximate surface area is 132 Å². The van der Waals surface area contributed by atoms with Crippen molar-refractivity contribution in [1.29, 1.82) is 0 Å². The SMILES string of the molecule is Cc1ccc(Cn2cc(C(=O)C=C(O)c3nc[nH]n3)cn2)cc1. The summed E-state index contributed by atoms with van der Waals surface area (Å²) < 4.78 is 1.68. The molecule has 23 heavy (non-hydrogen) atoms. The first-order chi connectivity index (χ1) is 11.1. The first-order valence-corrected chi connectivity index (χ1v) is 7.01. The van der Waals surface area contributed by atoms with Gasteiger partial charge in [0, 0.05) is 12.3 Å². The van der Waals surface area contributed by atoms with Crippen molar-refractivity contribution in [2.45, 2.75) is 13.5 Å². The number of hydrogen-bond acceptors (Lipinski definition) is 5. The molecule has 0 aliphatic heterocycles. The number of aryl methyl sites for hydroxylation is 1. The van der Waals surface area contributed by atoms with Gasteiger partial charge in [-0.25, -0.2) is 4.98 Å². The van der Waals surface area contributed by atoms with E-state index in [0.717, 1.165) is 11.6 Å². The van der Waals surface area contributed by atoms with Crippen molar-refractivity contribution < 1.29 is 9.90 Å². The van der Waals surface area contributed by atoms with Crippen LogP contribution in [-0.4, -0.2) is 35.9 Å². The Morgan fingerprint density at radius 2 is 2.13 bits per heavy atom. The van der Waals surface area contributed by atoms with E-state index in [9.17, 15) is 9.90 Å². The molecule has 0 saturated heterocycles. The van der Waals surface area contributed by atoms with E-state index >= 15 is 0 Å². The number of aromatic nitrogens is 5. The van der Waals surface area contributed by atoms with Gasteiger partial charge in [-0.05, 0) is 12.5 Å². The number of hydrogen-bond donors (Lipinski definition) is 2. The highest BCUT2D eigenvalue weighted by atomic mass is 16.3. The van der Waals surface area contributed by atoms with Crippen LogP contribution in [0.3, 0.4) is 0 Å². The van der Waals surface area contributed by atoms with Crippen molar-refractivity contribution in [2.75, 3.05) is 0 Å². The number of rotatable bonds is 5. The number of carbonyl (C=O) groups is 1. The lowest BCUT2D eigenvalue weighted by Crippen LogP contribution is -2.00. The Morgan fingerprint density at radius 1 is 1.35 bits per heavy atom. The zero-order valence-electron chi connectivity index (χ0n) is 12.5. The maximum atomic E-state index is 12.1. The molecule has 0 radical (unpaired) electrons. The summed E-state index contributed by atoms with van der Waals surface area (Å²) in [5.41, 5.74) is 2.67. The summed E-state index contributed by atoms with van der Waals surface area (Å²) in [6, 6.07) is 8.10. The van der Waals surface area contributed by atoms with Crippen LogP contribution < -0.4 is 0 Å². The molecule has 116 valence electrons. The predicted octanol–water partition coefficient (Wildman–Crippen LogP) is 2.14. The number of aromatic amines is 1. The Morgan fingerprint density at radius 3 is 2.83 bits per heavy atom. The van der Waals surface area contributed by atoms with Gasteiger partial charge in [0.25, 0.3) is 0 Å². The minimum atomic E-state index is -0.359. The van der Waals surface area contributed by atoms with Gasteiger partial charge in [0.1, 0.15) is 6.33 Å². The number of allylic oxidation sites excluding steroid dienone is 1. The highest BCUT2D eigenvalue weighted by Gasteiger charge is 2.10. The summed E-state index contributed by atoms with van der Waals surface area (Å²) in [6.45, 7) is 2.60. The van der Waals surface area contributed by atoms with E-state index < -0.39 is 0 Å². The lowest BCUT2D eigenvalue weighted by molar-refractivity contribution is 0.104. The minimum Gasteiger partial charge on any atom is -0.504 e. The molecule has 7 nitrogen and oxygen atoms in total. The van der Waals surface area contributed by atoms with Gasteiger partial charge in [0.15, 0.2) is 11.5 Å². The molecule has 0 unspecified atom stereocenters. The van der Waals surface area contributed by atoms with Crippen LogP contribution in [0.25, 0.3) is 5.76 Å². The maximum absolute atomic E-state index is 12.1. The molecular formula is C16H15N5O2. The van der Waals surface area contributed by atoms with Crippen molar-refractivity contribution in [2.24, 2.45) is 0 Å². The van der Waals surface area contributed by atoms with Gasteiger partial charge in [-0.3, -0.25) is 14.6 Å². The van der Waals surface area contributed by atoms with Gasteiger partial charge in [0.05, 0.1) is 18.3 Å². The lowest BCUT2D eigenvalue weighted by Gasteiger charge is -2.02. The van der Waals surface area contributed by atoms with Crippen molar-refractivity contribution in [3.05, 3.63) is 71.6 Å². The molecular weight excluding hydrogens is 294 g/mol. The monoisotopic (exact) mass is 309 g/mol. The smallest absolute Gasteiger partial charge is 0.215 e. The third kappa shape index (κ3) is 3.52. The summed E-state index contributed by atoms with van der Waals surface area (Å²) in [5.74, 6) is -0.574. The molecule has 0 spiro atoms. The van der Waals surface area contributed by atoms with Gasteiger partial charge in [-0.15, -0.1) is 0 Å². The normalized spacial score (nSPS) is 11.6. The molecule has 3 aromatic rings. The number of aliphatic hydroxyl groups excluding tert-OH is 1. The quantitative estimate of drug-likeness (QED) is 0.427. The van der Waals surface area contributed by atoms with Crippen molar-refractivity contribution >= 4 is 11.5 Å². The summed E-state index contributed by atoms with van der Waals surface area (Å²) in [5, 5.41) is 20.1. The Bertz CT molecular complexity index is 832. The molecule has 3 rings (SSSR count). The Hall–Kier alpha value is -3.22. The molecule has 2 heterocycles. The molecule has 0 saturated carbocycles. The number of nitrogens with one attached hydrogen (secondary N) is 1. The summed E-state index contributed by atoms with van der Waals surface area (Å²) >= 11 is 0. The van der Waals surface area contributed by atoms with Crippen LogP contribution in [0.5, 0.6) is 0 Å². The summed E-state index contributed by atoms with van der Waals surface area (Å²) in [6.07, 6.45) is 5.52. The number of carbonyl (C=O) groups excluding carboxylic acids is 1. The zero-order valence-corrected chi connectivity index (χ0v) is 12.5. The molecule has 7 heteroatoms. The topological polar surface area (TPSA) is 96.7 Å². The number of aliphatic hydroxyl groups is 1. The lowest BCUT2D eigenvalue weighted by atomic mass is 10.1. The second-order valence-corrected chi connectivity index (χ2v) is 5.13. The minimum absolute atomic E-state index is 0.0744. The fraction of sp³-hybridized carbons (Fsp3) is 0.125. The largest absolute Gasteiger partial charge is 0.504 e. The molecule has 0 aliphatic rings. The molecule has 0 bridgehead atoms. The van der Waals surface area contributed by atoms with E-state index in [1.165, 1.54) is 18.1 Å². The van der Waals surface area contributed by atoms with Crippen LogP contribution in [-0.2, 0) is 6.54 Å². The zero-order chi connectivity index (χ0) is 16.2. The number of ketones is 1. The van der Waals surface area contributed by atoms with Crippen molar-refractivity contribution in [3.8, 4) is 0 Å². The van der Waals surface area contributed by atoms with E-state index in [0.29, 0.717) is 12.1 Å². The van der Waals surface area contributed by atoms with Gasteiger partial charge in [-0.2, -0.15) is 10.2 Å². The molecule has 0 aliphatic carbocycles. The van der Waals surface area contributed by atoms with Crippen LogP contribution in [0.15, 0.2) is 49.1 Å². The van der Waals surface area contributed by atoms with Crippen LogP contribution in [0.2, 0.25) is 0 Å². The average Bonchev–Trinajstić information content (AvgIpc) is 3.21. The number of nitrogens with zero attached hydrogens (tertiary/aromatic N) is 4. The molecule has 0 amide bonds. The molecule has 2 aromatic heterocycles. The van der Waals surface area contributed by atoms with E-state index in [1.54, 1.807) is 10.9 Å². The van der Waals surface area contributed by atoms with Gasteiger partial charge in [0.2, 0.25) is 5.82 Å². The second-order valence-electron chi connectivity index (χ2n) is 5.13. The average molecular weight is 309 g/mol. The Balaban J connectivity index is 1.72. The van der Waals surface area contributed by atoms with E-state index in [-0.39, 0.29) is 17.4 Å². The molecule has 0 fully saturated rings. The van der Waals surface area contributed by atoms with Crippen LogP contribution in [0.1, 0.15) is 27.3 Å². The maximum Gasteiger partial charge on any atom is 0.215 e. The van der Waals surface area contributed by atoms with Crippen molar-refractivity contribution in [3.63, 3.8) is 0 Å². The summed E-state index contributed by atoms with van der Waals surface area (Å²) in [4.78, 5) is 15.9. The fourth-order valence-electron chi connectivity index (χ4n) is 2.06. The van der Waals surface area contributed by atoms with Gasteiger partial charge in [-0.1, -0.05) is 29.8 Å². The highest BCUT2D eigenvalue weighted by molar-refractivity contribution is 6.07. The third-order valence-corrected chi connectivity index (χ3v) is 3.29. The van der Waals surface area contributed by atoms with E-state index in [4.69, 9.17) is 0 Å². The molecule has 0 atom stereocenters. The number of H-pyrrole nitrogens is 1. The van der Waals surface area contributed by atoms with Crippen LogP contribution in [0.4, 0.5) is 0 Å².